The molecule has 1 amide bonds. The predicted octanol–water partition coefficient (Wildman–Crippen LogP) is 3.75. The molecule has 112 valence electrons. The summed E-state index contributed by atoms with van der Waals surface area (Å²) in [5, 5.41) is 3.34. The molecule has 0 fully saturated rings. The summed E-state index contributed by atoms with van der Waals surface area (Å²) < 4.78 is 0. The molecule has 0 unspecified atom stereocenters. The van der Waals surface area contributed by atoms with E-state index in [0.717, 1.165) is 5.69 Å². The van der Waals surface area contributed by atoms with Crippen molar-refractivity contribution in [3.05, 3.63) is 29.3 Å². The van der Waals surface area contributed by atoms with E-state index in [2.05, 4.69) is 59.0 Å². The maximum atomic E-state index is 12.6. The van der Waals surface area contributed by atoms with Crippen LogP contribution in [0.4, 0.5) is 5.69 Å². The van der Waals surface area contributed by atoms with Crippen molar-refractivity contribution in [3.8, 4) is 0 Å². The molecule has 0 aliphatic heterocycles. The van der Waals surface area contributed by atoms with Crippen LogP contribution in [0.5, 0.6) is 0 Å². The summed E-state index contributed by atoms with van der Waals surface area (Å²) in [5.41, 5.74) is 3.44. The van der Waals surface area contributed by atoms with Crippen molar-refractivity contribution >= 4 is 11.6 Å². The molecule has 0 radical (unpaired) electrons. The minimum absolute atomic E-state index is 0.148. The number of carbonyl (C=O) groups is 1. The Morgan fingerprint density at radius 1 is 1.05 bits per heavy atom. The lowest BCUT2D eigenvalue weighted by Gasteiger charge is -2.33. The Balaban J connectivity index is 2.84. The average Bonchev–Trinajstić information content (AvgIpc) is 2.31. The van der Waals surface area contributed by atoms with Crippen LogP contribution in [0.1, 0.15) is 45.7 Å². The van der Waals surface area contributed by atoms with Gasteiger partial charge in [-0.15, -0.1) is 0 Å². The molecule has 0 aliphatic rings. The van der Waals surface area contributed by atoms with E-state index in [9.17, 15) is 4.79 Å². The maximum absolute atomic E-state index is 12.6. The fraction of sp³-hybridized carbons (Fsp3) is 0.588. The van der Waals surface area contributed by atoms with Gasteiger partial charge >= 0.3 is 0 Å². The molecule has 1 N–H and O–H groups in total. The van der Waals surface area contributed by atoms with Crippen molar-refractivity contribution in [1.82, 2.24) is 4.90 Å². The van der Waals surface area contributed by atoms with Crippen molar-refractivity contribution in [2.24, 2.45) is 0 Å². The highest BCUT2D eigenvalue weighted by Gasteiger charge is 2.25. The largest absolute Gasteiger partial charge is 0.374 e. The highest BCUT2D eigenvalue weighted by Crippen LogP contribution is 2.18. The molecule has 0 saturated carbocycles. The molecule has 0 saturated heterocycles. The maximum Gasteiger partial charge on any atom is 0.245 e. The molecule has 20 heavy (non-hydrogen) atoms. The molecule has 0 spiro atoms. The normalized spacial score (nSPS) is 12.7. The first-order valence-electron chi connectivity index (χ1n) is 7.40. The lowest BCUT2D eigenvalue weighted by atomic mass is 10.1. The molecule has 3 nitrogen and oxygen atoms in total. The van der Waals surface area contributed by atoms with Gasteiger partial charge < -0.3 is 10.2 Å². The van der Waals surface area contributed by atoms with Crippen LogP contribution < -0.4 is 5.32 Å². The van der Waals surface area contributed by atoms with Gasteiger partial charge in [-0.3, -0.25) is 4.79 Å². The molecule has 1 aromatic carbocycles. The Morgan fingerprint density at radius 2 is 1.60 bits per heavy atom. The molecule has 1 rings (SSSR count). The van der Waals surface area contributed by atoms with E-state index in [1.54, 1.807) is 0 Å². The van der Waals surface area contributed by atoms with E-state index in [0.29, 0.717) is 0 Å². The zero-order valence-electron chi connectivity index (χ0n) is 13.8. The van der Waals surface area contributed by atoms with Gasteiger partial charge in [-0.25, -0.2) is 0 Å². The summed E-state index contributed by atoms with van der Waals surface area (Å²) >= 11 is 0. The van der Waals surface area contributed by atoms with E-state index in [1.807, 2.05) is 17.9 Å². The number of benzene rings is 1. The van der Waals surface area contributed by atoms with Gasteiger partial charge in [0.1, 0.15) is 6.04 Å². The minimum Gasteiger partial charge on any atom is -0.374 e. The smallest absolute Gasteiger partial charge is 0.245 e. The third-order valence-electron chi connectivity index (χ3n) is 3.49. The number of hydrogen-bond donors (Lipinski definition) is 1. The van der Waals surface area contributed by atoms with Crippen molar-refractivity contribution in [2.45, 2.75) is 66.6 Å². The fourth-order valence-electron chi connectivity index (χ4n) is 2.60. The lowest BCUT2D eigenvalue weighted by molar-refractivity contribution is -0.135. The number of nitrogens with zero attached hydrogens (tertiary/aromatic N) is 1. The quantitative estimate of drug-likeness (QED) is 0.888. The minimum atomic E-state index is -0.221. The Hall–Kier alpha value is -1.51. The molecule has 0 aliphatic carbocycles. The van der Waals surface area contributed by atoms with Crippen LogP contribution >= 0.6 is 0 Å². The standard InChI is InChI=1S/C17H28N2O/c1-11(2)19(12(3)4)17(20)15(7)18-16-9-8-13(5)10-14(16)6/h8-12,15,18H,1-7H3/t15-/m0/s1. The van der Waals surface area contributed by atoms with Crippen LogP contribution in [0.2, 0.25) is 0 Å². The molecule has 1 aromatic rings. The molecule has 1 atom stereocenters. The highest BCUT2D eigenvalue weighted by molar-refractivity contribution is 5.85. The number of carbonyl (C=O) groups excluding carboxylic acids is 1. The zero-order valence-corrected chi connectivity index (χ0v) is 13.8. The average molecular weight is 276 g/mol. The van der Waals surface area contributed by atoms with Crippen LogP contribution in [0.15, 0.2) is 18.2 Å². The van der Waals surface area contributed by atoms with Crippen LogP contribution in [-0.2, 0) is 4.79 Å². The second kappa shape index (κ2) is 6.78. The zero-order chi connectivity index (χ0) is 15.4. The summed E-state index contributed by atoms with van der Waals surface area (Å²) in [5.74, 6) is 0.148. The van der Waals surface area contributed by atoms with Crippen LogP contribution in [-0.4, -0.2) is 28.9 Å². The summed E-state index contributed by atoms with van der Waals surface area (Å²) in [6.07, 6.45) is 0. The molecule has 0 aromatic heterocycles. The van der Waals surface area contributed by atoms with Crippen molar-refractivity contribution in [3.63, 3.8) is 0 Å². The second-order valence-electron chi connectivity index (χ2n) is 6.12. The van der Waals surface area contributed by atoms with Crippen molar-refractivity contribution in [1.29, 1.82) is 0 Å². The summed E-state index contributed by atoms with van der Waals surface area (Å²) in [6.45, 7) is 14.3. The Kier molecular flexibility index (Phi) is 5.61. The molecular formula is C17H28N2O. The number of hydrogen-bond acceptors (Lipinski definition) is 2. The SMILES string of the molecule is Cc1ccc(N[C@@H](C)C(=O)N(C(C)C)C(C)C)c(C)c1. The fourth-order valence-corrected chi connectivity index (χ4v) is 2.60. The summed E-state index contributed by atoms with van der Waals surface area (Å²) in [7, 11) is 0. The van der Waals surface area contributed by atoms with Gasteiger partial charge in [0, 0.05) is 17.8 Å². The van der Waals surface area contributed by atoms with Crippen LogP contribution in [0.3, 0.4) is 0 Å². The molecule has 0 bridgehead atoms. The lowest BCUT2D eigenvalue weighted by Crippen LogP contribution is -2.48. The molecular weight excluding hydrogens is 248 g/mol. The first kappa shape index (κ1) is 16.5. The van der Waals surface area contributed by atoms with Gasteiger partial charge in [-0.1, -0.05) is 17.7 Å². The van der Waals surface area contributed by atoms with Gasteiger partial charge in [0.25, 0.3) is 0 Å². The van der Waals surface area contributed by atoms with Gasteiger partial charge in [0.2, 0.25) is 5.91 Å². The Labute approximate surface area is 123 Å². The Morgan fingerprint density at radius 3 is 2.05 bits per heavy atom. The topological polar surface area (TPSA) is 32.3 Å². The third kappa shape index (κ3) is 3.99. The highest BCUT2D eigenvalue weighted by atomic mass is 16.2. The monoisotopic (exact) mass is 276 g/mol. The Bertz CT molecular complexity index is 458. The number of nitrogens with one attached hydrogen (secondary N) is 1. The van der Waals surface area contributed by atoms with E-state index < -0.39 is 0 Å². The van der Waals surface area contributed by atoms with Gasteiger partial charge in [-0.05, 0) is 60.1 Å². The van der Waals surface area contributed by atoms with Gasteiger partial charge in [0.05, 0.1) is 0 Å². The van der Waals surface area contributed by atoms with Crippen molar-refractivity contribution in [2.75, 3.05) is 5.32 Å². The molecule has 0 heterocycles. The number of amides is 1. The number of rotatable bonds is 5. The van der Waals surface area contributed by atoms with Crippen LogP contribution in [0, 0.1) is 13.8 Å². The first-order chi connectivity index (χ1) is 9.23. The van der Waals surface area contributed by atoms with Crippen LogP contribution in [0.25, 0.3) is 0 Å². The van der Waals surface area contributed by atoms with E-state index in [-0.39, 0.29) is 24.0 Å². The summed E-state index contributed by atoms with van der Waals surface area (Å²) in [4.78, 5) is 14.5. The third-order valence-corrected chi connectivity index (χ3v) is 3.49. The van der Waals surface area contributed by atoms with Gasteiger partial charge in [-0.2, -0.15) is 0 Å². The second-order valence-corrected chi connectivity index (χ2v) is 6.12. The number of aryl methyl sites for hydroxylation is 2. The van der Waals surface area contributed by atoms with Gasteiger partial charge in [0.15, 0.2) is 0 Å². The molecule has 3 heteroatoms. The van der Waals surface area contributed by atoms with E-state index >= 15 is 0 Å². The number of anilines is 1. The predicted molar refractivity (Wildman–Crippen MR) is 86.1 cm³/mol. The summed E-state index contributed by atoms with van der Waals surface area (Å²) in [6, 6.07) is 6.44. The first-order valence-corrected chi connectivity index (χ1v) is 7.40. The van der Waals surface area contributed by atoms with Crippen molar-refractivity contribution < 1.29 is 4.79 Å². The van der Waals surface area contributed by atoms with E-state index in [4.69, 9.17) is 0 Å². The van der Waals surface area contributed by atoms with E-state index in [1.165, 1.54) is 11.1 Å².